The molecular formula is C12H13BrN2OS. The fraction of sp³-hybridized carbons (Fsp3) is 0.250. The first kappa shape index (κ1) is 12.4. The van der Waals surface area contributed by atoms with Crippen LogP contribution in [0.4, 0.5) is 5.13 Å². The standard InChI is InChI=1S/C12H13BrN2OS/c1-2-5-16-11-4-3-8(6-9(11)13)10-7-17-12(14)15-10/h3-4,6-7H,2,5H2,1H3,(H2,14,15). The second kappa shape index (κ2) is 5.51. The average Bonchev–Trinajstić information content (AvgIpc) is 2.74. The molecule has 1 heterocycles. The van der Waals surface area contributed by atoms with Crippen molar-refractivity contribution in [1.29, 1.82) is 0 Å². The molecule has 2 rings (SSSR count). The SMILES string of the molecule is CCCOc1ccc(-c2csc(N)n2)cc1Br. The molecule has 0 atom stereocenters. The van der Waals surface area contributed by atoms with Gasteiger partial charge in [0, 0.05) is 10.9 Å². The van der Waals surface area contributed by atoms with Gasteiger partial charge in [0.25, 0.3) is 0 Å². The van der Waals surface area contributed by atoms with Gasteiger partial charge in [-0.05, 0) is 40.5 Å². The van der Waals surface area contributed by atoms with E-state index in [9.17, 15) is 0 Å². The number of rotatable bonds is 4. The summed E-state index contributed by atoms with van der Waals surface area (Å²) >= 11 is 4.94. The summed E-state index contributed by atoms with van der Waals surface area (Å²) in [5, 5.41) is 2.53. The van der Waals surface area contributed by atoms with E-state index in [2.05, 4.69) is 27.8 Å². The second-order valence-corrected chi connectivity index (χ2v) is 5.31. The molecule has 0 aliphatic carbocycles. The van der Waals surface area contributed by atoms with E-state index in [0.29, 0.717) is 5.13 Å². The monoisotopic (exact) mass is 312 g/mol. The third kappa shape index (κ3) is 2.98. The fourth-order valence-electron chi connectivity index (χ4n) is 1.41. The van der Waals surface area contributed by atoms with Crippen LogP contribution in [0.3, 0.4) is 0 Å². The number of nitrogens with two attached hydrogens (primary N) is 1. The first-order chi connectivity index (χ1) is 8.20. The van der Waals surface area contributed by atoms with Gasteiger partial charge in [-0.15, -0.1) is 11.3 Å². The Labute approximate surface area is 113 Å². The van der Waals surface area contributed by atoms with E-state index in [0.717, 1.165) is 34.5 Å². The van der Waals surface area contributed by atoms with Crippen LogP contribution in [0, 0.1) is 0 Å². The van der Waals surface area contributed by atoms with Crippen LogP contribution in [-0.2, 0) is 0 Å². The molecule has 1 aromatic carbocycles. The molecule has 0 saturated heterocycles. The molecule has 5 heteroatoms. The first-order valence-corrected chi connectivity index (χ1v) is 7.01. The summed E-state index contributed by atoms with van der Waals surface area (Å²) < 4.78 is 6.53. The van der Waals surface area contributed by atoms with E-state index >= 15 is 0 Å². The van der Waals surface area contributed by atoms with Gasteiger partial charge < -0.3 is 10.5 Å². The first-order valence-electron chi connectivity index (χ1n) is 5.34. The summed E-state index contributed by atoms with van der Waals surface area (Å²) in [6.45, 7) is 2.81. The molecule has 0 aliphatic heterocycles. The zero-order chi connectivity index (χ0) is 12.3. The maximum atomic E-state index is 5.62. The fourth-order valence-corrected chi connectivity index (χ4v) is 2.47. The number of nitrogen functional groups attached to an aromatic ring is 1. The lowest BCUT2D eigenvalue weighted by Crippen LogP contribution is -1.95. The minimum absolute atomic E-state index is 0.586. The summed E-state index contributed by atoms with van der Waals surface area (Å²) in [4.78, 5) is 4.25. The van der Waals surface area contributed by atoms with Crippen molar-refractivity contribution in [1.82, 2.24) is 4.98 Å². The topological polar surface area (TPSA) is 48.1 Å². The highest BCUT2D eigenvalue weighted by Gasteiger charge is 2.06. The normalized spacial score (nSPS) is 10.5. The third-order valence-corrected chi connectivity index (χ3v) is 3.50. The molecule has 0 saturated carbocycles. The van der Waals surface area contributed by atoms with Crippen LogP contribution < -0.4 is 10.5 Å². The van der Waals surface area contributed by atoms with Gasteiger partial charge in [-0.2, -0.15) is 0 Å². The zero-order valence-electron chi connectivity index (χ0n) is 9.44. The van der Waals surface area contributed by atoms with E-state index < -0.39 is 0 Å². The van der Waals surface area contributed by atoms with E-state index in [1.54, 1.807) is 0 Å². The molecule has 0 amide bonds. The van der Waals surface area contributed by atoms with Crippen molar-refractivity contribution in [2.75, 3.05) is 12.3 Å². The number of nitrogens with zero attached hydrogens (tertiary/aromatic N) is 1. The van der Waals surface area contributed by atoms with Gasteiger partial charge in [-0.25, -0.2) is 4.98 Å². The van der Waals surface area contributed by atoms with Gasteiger partial charge in [0.15, 0.2) is 5.13 Å². The summed E-state index contributed by atoms with van der Waals surface area (Å²) in [5.41, 5.74) is 7.55. The highest BCUT2D eigenvalue weighted by molar-refractivity contribution is 9.10. The van der Waals surface area contributed by atoms with Crippen molar-refractivity contribution in [2.45, 2.75) is 13.3 Å². The lowest BCUT2D eigenvalue weighted by molar-refractivity contribution is 0.315. The summed E-state index contributed by atoms with van der Waals surface area (Å²) in [7, 11) is 0. The van der Waals surface area contributed by atoms with E-state index in [-0.39, 0.29) is 0 Å². The Hall–Kier alpha value is -1.07. The third-order valence-electron chi connectivity index (χ3n) is 2.21. The number of benzene rings is 1. The Kier molecular flexibility index (Phi) is 4.02. The van der Waals surface area contributed by atoms with Gasteiger partial charge in [0.2, 0.25) is 0 Å². The molecule has 2 aromatic rings. The molecule has 17 heavy (non-hydrogen) atoms. The number of anilines is 1. The van der Waals surface area contributed by atoms with Crippen molar-refractivity contribution in [3.63, 3.8) is 0 Å². The number of ether oxygens (including phenoxy) is 1. The lowest BCUT2D eigenvalue weighted by atomic mass is 10.2. The smallest absolute Gasteiger partial charge is 0.180 e. The average molecular weight is 313 g/mol. The molecule has 2 N–H and O–H groups in total. The number of thiazole rings is 1. The van der Waals surface area contributed by atoms with Gasteiger partial charge in [-0.3, -0.25) is 0 Å². The van der Waals surface area contributed by atoms with Gasteiger partial charge in [-0.1, -0.05) is 6.92 Å². The van der Waals surface area contributed by atoms with Crippen LogP contribution in [0.5, 0.6) is 5.75 Å². The highest BCUT2D eigenvalue weighted by Crippen LogP contribution is 2.31. The quantitative estimate of drug-likeness (QED) is 0.930. The zero-order valence-corrected chi connectivity index (χ0v) is 11.8. The Morgan fingerprint density at radius 3 is 2.88 bits per heavy atom. The highest BCUT2D eigenvalue weighted by atomic mass is 79.9. The van der Waals surface area contributed by atoms with Crippen LogP contribution >= 0.6 is 27.3 Å². The van der Waals surface area contributed by atoms with Crippen molar-refractivity contribution >= 4 is 32.4 Å². The molecule has 3 nitrogen and oxygen atoms in total. The molecule has 90 valence electrons. The minimum Gasteiger partial charge on any atom is -0.492 e. The minimum atomic E-state index is 0.586. The van der Waals surface area contributed by atoms with E-state index in [1.165, 1.54) is 11.3 Å². The van der Waals surface area contributed by atoms with Crippen LogP contribution in [0.15, 0.2) is 28.1 Å². The summed E-state index contributed by atoms with van der Waals surface area (Å²) in [5.74, 6) is 0.860. The molecular weight excluding hydrogens is 300 g/mol. The molecule has 0 unspecified atom stereocenters. The molecule has 0 aliphatic rings. The summed E-state index contributed by atoms with van der Waals surface area (Å²) in [6.07, 6.45) is 0.997. The van der Waals surface area contributed by atoms with Crippen LogP contribution in [-0.4, -0.2) is 11.6 Å². The van der Waals surface area contributed by atoms with Crippen LogP contribution in [0.2, 0.25) is 0 Å². The van der Waals surface area contributed by atoms with E-state index in [1.807, 2.05) is 23.6 Å². The Balaban J connectivity index is 2.24. The van der Waals surface area contributed by atoms with Crippen molar-refractivity contribution in [3.8, 4) is 17.0 Å². The van der Waals surface area contributed by atoms with E-state index in [4.69, 9.17) is 10.5 Å². The number of hydrogen-bond acceptors (Lipinski definition) is 4. The largest absolute Gasteiger partial charge is 0.492 e. The van der Waals surface area contributed by atoms with Crippen LogP contribution in [0.25, 0.3) is 11.3 Å². The van der Waals surface area contributed by atoms with Crippen LogP contribution in [0.1, 0.15) is 13.3 Å². The van der Waals surface area contributed by atoms with Gasteiger partial charge in [0.1, 0.15) is 5.75 Å². The van der Waals surface area contributed by atoms with Crippen molar-refractivity contribution in [2.24, 2.45) is 0 Å². The molecule has 1 aromatic heterocycles. The second-order valence-electron chi connectivity index (χ2n) is 3.56. The van der Waals surface area contributed by atoms with Crippen molar-refractivity contribution in [3.05, 3.63) is 28.1 Å². The Bertz CT molecular complexity index is 513. The molecule has 0 bridgehead atoms. The predicted octanol–water partition coefficient (Wildman–Crippen LogP) is 3.94. The van der Waals surface area contributed by atoms with Gasteiger partial charge >= 0.3 is 0 Å². The molecule has 0 radical (unpaired) electrons. The Morgan fingerprint density at radius 1 is 1.47 bits per heavy atom. The number of aromatic nitrogens is 1. The summed E-state index contributed by atoms with van der Waals surface area (Å²) in [6, 6.07) is 5.94. The maximum Gasteiger partial charge on any atom is 0.180 e. The maximum absolute atomic E-state index is 5.62. The molecule has 0 fully saturated rings. The lowest BCUT2D eigenvalue weighted by Gasteiger charge is -2.07. The van der Waals surface area contributed by atoms with Crippen molar-refractivity contribution < 1.29 is 4.74 Å². The molecule has 0 spiro atoms. The number of halogens is 1. The van der Waals surface area contributed by atoms with Gasteiger partial charge in [0.05, 0.1) is 16.8 Å². The number of hydrogen-bond donors (Lipinski definition) is 1. The Morgan fingerprint density at radius 2 is 2.29 bits per heavy atom. The predicted molar refractivity (Wildman–Crippen MR) is 75.4 cm³/mol.